The van der Waals surface area contributed by atoms with Gasteiger partial charge >= 0.3 is 0 Å². The van der Waals surface area contributed by atoms with Gasteiger partial charge in [0.05, 0.1) is 12.8 Å². The van der Waals surface area contributed by atoms with Gasteiger partial charge in [-0.25, -0.2) is 0 Å². The lowest BCUT2D eigenvalue weighted by molar-refractivity contribution is 0.406. The van der Waals surface area contributed by atoms with Gasteiger partial charge in [-0.2, -0.15) is 0 Å². The molecule has 0 aliphatic rings. The second-order valence-corrected chi connectivity index (χ2v) is 6.05. The van der Waals surface area contributed by atoms with Crippen LogP contribution in [0.25, 0.3) is 16.8 Å². The largest absolute Gasteiger partial charge is 0.495 e. The van der Waals surface area contributed by atoms with Gasteiger partial charge in [0.1, 0.15) is 12.1 Å². The number of rotatable bonds is 5. The van der Waals surface area contributed by atoms with Crippen molar-refractivity contribution in [3.8, 4) is 16.9 Å². The number of methoxy groups -OCH3 is 1. The van der Waals surface area contributed by atoms with E-state index in [1.54, 1.807) is 25.8 Å². The zero-order valence-electron chi connectivity index (χ0n) is 14.8. The highest BCUT2D eigenvalue weighted by Gasteiger charge is 2.13. The monoisotopic (exact) mass is 345 g/mol. The second kappa shape index (κ2) is 6.92. The maximum absolute atomic E-state index is 5.40. The maximum Gasteiger partial charge on any atom is 0.168 e. The fourth-order valence-electron chi connectivity index (χ4n) is 3.19. The minimum Gasteiger partial charge on any atom is -0.495 e. The van der Waals surface area contributed by atoms with E-state index in [1.165, 1.54) is 0 Å². The predicted octanol–water partition coefficient (Wildman–Crippen LogP) is 3.29. The zero-order valence-corrected chi connectivity index (χ0v) is 14.8. The molecule has 6 heteroatoms. The molecule has 0 aromatic carbocycles. The molecule has 0 spiro atoms. The number of nitrogens with zero attached hydrogens (tertiary/aromatic N) is 5. The molecule has 0 saturated carbocycles. The molecule has 0 radical (unpaired) electrons. The van der Waals surface area contributed by atoms with Crippen LogP contribution in [0.3, 0.4) is 0 Å². The first kappa shape index (κ1) is 16.2. The summed E-state index contributed by atoms with van der Waals surface area (Å²) in [5, 5.41) is 8.45. The van der Waals surface area contributed by atoms with E-state index >= 15 is 0 Å². The Labute approximate surface area is 151 Å². The van der Waals surface area contributed by atoms with Crippen molar-refractivity contribution < 1.29 is 4.74 Å². The topological polar surface area (TPSA) is 65.2 Å². The lowest BCUT2D eigenvalue weighted by atomic mass is 10.0. The Morgan fingerprint density at radius 1 is 0.962 bits per heavy atom. The van der Waals surface area contributed by atoms with Gasteiger partial charge in [0.15, 0.2) is 5.65 Å². The molecule has 0 unspecified atom stereocenters. The van der Waals surface area contributed by atoms with Gasteiger partial charge in [-0.15, -0.1) is 10.2 Å². The number of aryl methyl sites for hydroxylation is 3. The van der Waals surface area contributed by atoms with E-state index in [0.717, 1.165) is 52.4 Å². The lowest BCUT2D eigenvalue weighted by Crippen LogP contribution is -2.03. The van der Waals surface area contributed by atoms with E-state index in [2.05, 4.69) is 38.4 Å². The van der Waals surface area contributed by atoms with Crippen LogP contribution >= 0.6 is 0 Å². The van der Waals surface area contributed by atoms with Crippen LogP contribution in [-0.2, 0) is 12.8 Å². The summed E-state index contributed by atoms with van der Waals surface area (Å²) in [5.41, 5.74) is 6.00. The number of hydrogen-bond acceptors (Lipinski definition) is 5. The summed E-state index contributed by atoms with van der Waals surface area (Å²) in [4.78, 5) is 8.82. The average Bonchev–Trinajstić information content (AvgIpc) is 3.17. The van der Waals surface area contributed by atoms with E-state index in [9.17, 15) is 0 Å². The third-order valence-electron chi connectivity index (χ3n) is 4.52. The van der Waals surface area contributed by atoms with Gasteiger partial charge in [-0.05, 0) is 50.1 Å². The van der Waals surface area contributed by atoms with Crippen LogP contribution in [0.15, 0.2) is 55.1 Å². The van der Waals surface area contributed by atoms with Gasteiger partial charge < -0.3 is 4.74 Å². The summed E-state index contributed by atoms with van der Waals surface area (Å²) in [6.45, 7) is 2.00. The molecule has 0 aliphatic heterocycles. The number of fused-ring (bicyclic) bond motifs is 1. The van der Waals surface area contributed by atoms with Crippen molar-refractivity contribution in [2.75, 3.05) is 7.11 Å². The first-order valence-electron chi connectivity index (χ1n) is 8.49. The van der Waals surface area contributed by atoms with E-state index in [4.69, 9.17) is 4.74 Å². The summed E-state index contributed by atoms with van der Waals surface area (Å²) < 4.78 is 7.43. The standard InChI is InChI=1S/C20H19N5O/c1-14-16(5-3-11-21-14)17-9-7-15(25-13-23-24-20(17)25)8-10-18-19(26-2)6-4-12-22-18/h3-7,9,11-13H,8,10H2,1-2H3. The molecule has 0 saturated heterocycles. The van der Waals surface area contributed by atoms with Crippen LogP contribution in [0.4, 0.5) is 0 Å². The molecule has 0 aliphatic carbocycles. The summed E-state index contributed by atoms with van der Waals surface area (Å²) in [6.07, 6.45) is 6.95. The van der Waals surface area contributed by atoms with Gasteiger partial charge in [-0.1, -0.05) is 6.07 Å². The molecule has 4 rings (SSSR count). The molecule has 0 fully saturated rings. The van der Waals surface area contributed by atoms with Crippen molar-refractivity contribution in [2.45, 2.75) is 19.8 Å². The van der Waals surface area contributed by atoms with Crippen LogP contribution < -0.4 is 4.74 Å². The fraction of sp³-hybridized carbons (Fsp3) is 0.200. The third kappa shape index (κ3) is 2.90. The van der Waals surface area contributed by atoms with E-state index < -0.39 is 0 Å². The number of aromatic nitrogens is 5. The summed E-state index contributed by atoms with van der Waals surface area (Å²) in [7, 11) is 1.67. The molecule has 4 heterocycles. The summed E-state index contributed by atoms with van der Waals surface area (Å²) in [6, 6.07) is 12.0. The van der Waals surface area contributed by atoms with Crippen LogP contribution in [0.2, 0.25) is 0 Å². The average molecular weight is 345 g/mol. The van der Waals surface area contributed by atoms with Crippen molar-refractivity contribution in [3.05, 3.63) is 72.2 Å². The van der Waals surface area contributed by atoms with Crippen molar-refractivity contribution in [2.24, 2.45) is 0 Å². The van der Waals surface area contributed by atoms with Gasteiger partial charge in [0.25, 0.3) is 0 Å². The molecule has 0 bridgehead atoms. The molecule has 0 atom stereocenters. The highest BCUT2D eigenvalue weighted by Crippen LogP contribution is 2.27. The number of pyridine rings is 3. The zero-order chi connectivity index (χ0) is 17.9. The van der Waals surface area contributed by atoms with Gasteiger partial charge in [-0.3, -0.25) is 14.4 Å². The Balaban J connectivity index is 1.69. The number of hydrogen-bond donors (Lipinski definition) is 0. The Morgan fingerprint density at radius 2 is 1.81 bits per heavy atom. The minimum absolute atomic E-state index is 0.780. The normalized spacial score (nSPS) is 11.0. The molecule has 130 valence electrons. The maximum atomic E-state index is 5.40. The molecule has 4 aromatic heterocycles. The van der Waals surface area contributed by atoms with Crippen molar-refractivity contribution in [3.63, 3.8) is 0 Å². The highest BCUT2D eigenvalue weighted by molar-refractivity contribution is 5.78. The predicted molar refractivity (Wildman–Crippen MR) is 99.2 cm³/mol. The minimum atomic E-state index is 0.780. The van der Waals surface area contributed by atoms with Crippen LogP contribution in [0.5, 0.6) is 5.75 Å². The molecular formula is C20H19N5O. The smallest absolute Gasteiger partial charge is 0.168 e. The van der Waals surface area contributed by atoms with E-state index in [-0.39, 0.29) is 0 Å². The van der Waals surface area contributed by atoms with E-state index in [0.29, 0.717) is 0 Å². The number of ether oxygens (including phenoxy) is 1. The van der Waals surface area contributed by atoms with E-state index in [1.807, 2.05) is 29.5 Å². The third-order valence-corrected chi connectivity index (χ3v) is 4.52. The lowest BCUT2D eigenvalue weighted by Gasteiger charge is -2.11. The summed E-state index contributed by atoms with van der Waals surface area (Å²) in [5.74, 6) is 0.815. The summed E-state index contributed by atoms with van der Waals surface area (Å²) >= 11 is 0. The quantitative estimate of drug-likeness (QED) is 0.555. The van der Waals surface area contributed by atoms with Gasteiger partial charge in [0, 0.05) is 34.9 Å². The van der Waals surface area contributed by atoms with Gasteiger partial charge in [0.2, 0.25) is 0 Å². The first-order valence-corrected chi connectivity index (χ1v) is 8.49. The highest BCUT2D eigenvalue weighted by atomic mass is 16.5. The Hall–Kier alpha value is -3.28. The van der Waals surface area contributed by atoms with Crippen molar-refractivity contribution in [1.82, 2.24) is 24.6 Å². The van der Waals surface area contributed by atoms with Crippen molar-refractivity contribution in [1.29, 1.82) is 0 Å². The molecule has 4 aromatic rings. The molecule has 0 amide bonds. The Kier molecular flexibility index (Phi) is 4.31. The first-order chi connectivity index (χ1) is 12.8. The fourth-order valence-corrected chi connectivity index (χ4v) is 3.19. The SMILES string of the molecule is COc1cccnc1CCc1ccc(-c2cccnc2C)c2nncn12. The van der Waals surface area contributed by atoms with Crippen LogP contribution in [0.1, 0.15) is 17.1 Å². The molecule has 0 N–H and O–H groups in total. The van der Waals surface area contributed by atoms with Crippen molar-refractivity contribution >= 4 is 5.65 Å². The molecule has 6 nitrogen and oxygen atoms in total. The molecular weight excluding hydrogens is 326 g/mol. The van der Waals surface area contributed by atoms with Crippen LogP contribution in [-0.4, -0.2) is 31.7 Å². The Morgan fingerprint density at radius 3 is 2.65 bits per heavy atom. The Bertz CT molecular complexity index is 1060. The van der Waals surface area contributed by atoms with Crippen LogP contribution in [0, 0.1) is 6.92 Å². The molecule has 26 heavy (non-hydrogen) atoms. The second-order valence-electron chi connectivity index (χ2n) is 6.05.